The molecule has 0 aromatic heterocycles. The maximum atomic E-state index is 15.2. The predicted octanol–water partition coefficient (Wildman–Crippen LogP) is 12.1. The SMILES string of the molecule is CCCCCCCCCCc1ccc(-c2ccc(-c3ccc(C4=CCC(CCC)CC4)cc3F)cc2)c(F)c1F. The number of rotatable bonds is 14. The Labute approximate surface area is 239 Å². The van der Waals surface area contributed by atoms with Crippen molar-refractivity contribution in [3.05, 3.63) is 89.3 Å². The molecule has 0 saturated carbocycles. The fourth-order valence-corrected chi connectivity index (χ4v) is 6.05. The van der Waals surface area contributed by atoms with Gasteiger partial charge in [-0.25, -0.2) is 13.2 Å². The topological polar surface area (TPSA) is 0 Å². The lowest BCUT2D eigenvalue weighted by Crippen LogP contribution is -2.05. The van der Waals surface area contributed by atoms with Crippen LogP contribution in [0, 0.1) is 23.4 Å². The smallest absolute Gasteiger partial charge is 0.166 e. The molecule has 3 heteroatoms. The molecule has 0 amide bonds. The summed E-state index contributed by atoms with van der Waals surface area (Å²) < 4.78 is 45.1. The van der Waals surface area contributed by atoms with Crippen molar-refractivity contribution in [2.45, 2.75) is 104 Å². The molecule has 4 rings (SSSR count). The Balaban J connectivity index is 1.37. The van der Waals surface area contributed by atoms with Crippen molar-refractivity contribution in [1.29, 1.82) is 0 Å². The quantitative estimate of drug-likeness (QED) is 0.176. The second-order valence-corrected chi connectivity index (χ2v) is 11.6. The minimum Gasteiger partial charge on any atom is -0.206 e. The molecule has 0 saturated heterocycles. The summed E-state index contributed by atoms with van der Waals surface area (Å²) in [6, 6.07) is 15.9. The third-order valence-corrected chi connectivity index (χ3v) is 8.53. The van der Waals surface area contributed by atoms with E-state index < -0.39 is 11.6 Å². The van der Waals surface area contributed by atoms with Crippen LogP contribution < -0.4 is 0 Å². The third kappa shape index (κ3) is 7.89. The summed E-state index contributed by atoms with van der Waals surface area (Å²) in [5.74, 6) is -1.06. The standard InChI is InChI=1S/C37H45F3/c1-3-5-6-7-8-9-10-11-13-31-22-25-34(37(40)36(31)39)30-20-18-29(19-21-30)33-24-23-32(26-35(33)38)28-16-14-27(12-4-2)15-17-28/h16,18-27H,3-15,17H2,1-2H3. The molecular weight excluding hydrogens is 501 g/mol. The summed E-state index contributed by atoms with van der Waals surface area (Å²) in [7, 11) is 0. The van der Waals surface area contributed by atoms with E-state index in [0.717, 1.165) is 49.1 Å². The normalized spacial score (nSPS) is 15.3. The van der Waals surface area contributed by atoms with E-state index in [0.29, 0.717) is 23.1 Å². The highest BCUT2D eigenvalue weighted by molar-refractivity contribution is 5.74. The van der Waals surface area contributed by atoms with Crippen molar-refractivity contribution in [3.8, 4) is 22.3 Å². The molecule has 0 heterocycles. The molecule has 40 heavy (non-hydrogen) atoms. The Kier molecular flexibility index (Phi) is 11.5. The zero-order chi connectivity index (χ0) is 28.3. The molecule has 0 nitrogen and oxygen atoms in total. The number of allylic oxidation sites excluding steroid dienone is 2. The van der Waals surface area contributed by atoms with Crippen LogP contribution in [0.15, 0.2) is 60.7 Å². The number of benzene rings is 3. The van der Waals surface area contributed by atoms with Gasteiger partial charge in [-0.3, -0.25) is 0 Å². The average Bonchev–Trinajstić information content (AvgIpc) is 2.97. The van der Waals surface area contributed by atoms with Crippen molar-refractivity contribution in [2.75, 3.05) is 0 Å². The van der Waals surface area contributed by atoms with Crippen LogP contribution >= 0.6 is 0 Å². The maximum Gasteiger partial charge on any atom is 0.166 e. The van der Waals surface area contributed by atoms with Gasteiger partial charge in [-0.05, 0) is 71.9 Å². The van der Waals surface area contributed by atoms with Gasteiger partial charge in [-0.1, -0.05) is 126 Å². The van der Waals surface area contributed by atoms with Crippen molar-refractivity contribution < 1.29 is 13.2 Å². The van der Waals surface area contributed by atoms with E-state index in [1.54, 1.807) is 42.5 Å². The molecule has 1 aliphatic rings. The molecular formula is C37H45F3. The lowest BCUT2D eigenvalue weighted by atomic mass is 9.84. The van der Waals surface area contributed by atoms with Crippen LogP contribution in [0.25, 0.3) is 27.8 Å². The van der Waals surface area contributed by atoms with Crippen molar-refractivity contribution >= 4 is 5.57 Å². The van der Waals surface area contributed by atoms with Crippen LogP contribution in [0.4, 0.5) is 13.2 Å². The van der Waals surface area contributed by atoms with E-state index in [1.807, 2.05) is 12.1 Å². The number of halogens is 3. The lowest BCUT2D eigenvalue weighted by molar-refractivity contribution is 0.445. The molecule has 1 unspecified atom stereocenters. The van der Waals surface area contributed by atoms with Gasteiger partial charge < -0.3 is 0 Å². The van der Waals surface area contributed by atoms with Crippen LogP contribution in [0.2, 0.25) is 0 Å². The first-order valence-electron chi connectivity index (χ1n) is 15.6. The molecule has 0 fully saturated rings. The van der Waals surface area contributed by atoms with Gasteiger partial charge >= 0.3 is 0 Å². The highest BCUT2D eigenvalue weighted by atomic mass is 19.2. The van der Waals surface area contributed by atoms with Gasteiger partial charge in [0.05, 0.1) is 0 Å². The van der Waals surface area contributed by atoms with Gasteiger partial charge in [0.1, 0.15) is 5.82 Å². The summed E-state index contributed by atoms with van der Waals surface area (Å²) in [5, 5.41) is 0. The molecule has 0 bridgehead atoms. The summed E-state index contributed by atoms with van der Waals surface area (Å²) >= 11 is 0. The van der Waals surface area contributed by atoms with Gasteiger partial charge in [0.2, 0.25) is 0 Å². The molecule has 3 aromatic rings. The summed E-state index contributed by atoms with van der Waals surface area (Å²) in [6.45, 7) is 4.44. The zero-order valence-corrected chi connectivity index (χ0v) is 24.4. The molecule has 1 aliphatic carbocycles. The van der Waals surface area contributed by atoms with Crippen molar-refractivity contribution in [1.82, 2.24) is 0 Å². The summed E-state index contributed by atoms with van der Waals surface area (Å²) in [4.78, 5) is 0. The third-order valence-electron chi connectivity index (χ3n) is 8.53. The van der Waals surface area contributed by atoms with Crippen molar-refractivity contribution in [3.63, 3.8) is 0 Å². The highest BCUT2D eigenvalue weighted by Gasteiger charge is 2.17. The highest BCUT2D eigenvalue weighted by Crippen LogP contribution is 2.35. The van der Waals surface area contributed by atoms with E-state index in [-0.39, 0.29) is 11.4 Å². The molecule has 0 N–H and O–H groups in total. The Morgan fingerprint density at radius 3 is 1.90 bits per heavy atom. The minimum atomic E-state index is -0.803. The van der Waals surface area contributed by atoms with E-state index in [1.165, 1.54) is 56.9 Å². The Morgan fingerprint density at radius 1 is 0.650 bits per heavy atom. The summed E-state index contributed by atoms with van der Waals surface area (Å²) in [5.41, 5.74) is 4.70. The number of aryl methyl sites for hydroxylation is 1. The average molecular weight is 547 g/mol. The molecule has 0 aliphatic heterocycles. The molecule has 1 atom stereocenters. The second-order valence-electron chi connectivity index (χ2n) is 11.6. The van der Waals surface area contributed by atoms with E-state index in [4.69, 9.17) is 0 Å². The Hall–Kier alpha value is -2.81. The minimum absolute atomic E-state index is 0.241. The van der Waals surface area contributed by atoms with Crippen LogP contribution in [0.1, 0.15) is 108 Å². The monoisotopic (exact) mass is 546 g/mol. The fraction of sp³-hybridized carbons (Fsp3) is 0.459. The second kappa shape index (κ2) is 15.3. The first kappa shape index (κ1) is 30.2. The van der Waals surface area contributed by atoms with E-state index in [2.05, 4.69) is 19.9 Å². The Morgan fingerprint density at radius 2 is 1.27 bits per heavy atom. The molecule has 0 radical (unpaired) electrons. The maximum absolute atomic E-state index is 15.2. The van der Waals surface area contributed by atoms with Crippen LogP contribution in [-0.2, 0) is 6.42 Å². The molecule has 3 aromatic carbocycles. The fourth-order valence-electron chi connectivity index (χ4n) is 6.05. The molecule has 0 spiro atoms. The first-order valence-corrected chi connectivity index (χ1v) is 15.6. The van der Waals surface area contributed by atoms with Gasteiger partial charge in [0.15, 0.2) is 11.6 Å². The predicted molar refractivity (Wildman–Crippen MR) is 164 cm³/mol. The Bertz CT molecular complexity index is 1260. The number of unbranched alkanes of at least 4 members (excludes halogenated alkanes) is 7. The van der Waals surface area contributed by atoms with Gasteiger partial charge in [-0.2, -0.15) is 0 Å². The summed E-state index contributed by atoms with van der Waals surface area (Å²) in [6.07, 6.45) is 17.9. The molecule has 214 valence electrons. The van der Waals surface area contributed by atoms with Crippen LogP contribution in [0.3, 0.4) is 0 Å². The largest absolute Gasteiger partial charge is 0.206 e. The van der Waals surface area contributed by atoms with Crippen LogP contribution in [0.5, 0.6) is 0 Å². The first-order chi connectivity index (χ1) is 19.5. The number of hydrogen-bond donors (Lipinski definition) is 0. The number of hydrogen-bond acceptors (Lipinski definition) is 0. The van der Waals surface area contributed by atoms with Gasteiger partial charge in [0, 0.05) is 11.1 Å². The van der Waals surface area contributed by atoms with Crippen molar-refractivity contribution in [2.24, 2.45) is 5.92 Å². The zero-order valence-electron chi connectivity index (χ0n) is 24.4. The van der Waals surface area contributed by atoms with E-state index in [9.17, 15) is 4.39 Å². The van der Waals surface area contributed by atoms with Crippen LogP contribution in [-0.4, -0.2) is 0 Å². The van der Waals surface area contributed by atoms with E-state index >= 15 is 8.78 Å². The lowest BCUT2D eigenvalue weighted by Gasteiger charge is -2.22. The van der Waals surface area contributed by atoms with Gasteiger partial charge in [0.25, 0.3) is 0 Å². The van der Waals surface area contributed by atoms with Gasteiger partial charge in [-0.15, -0.1) is 0 Å².